The Morgan fingerprint density at radius 2 is 1.72 bits per heavy atom. The third kappa shape index (κ3) is 4.81. The average Bonchev–Trinajstić information content (AvgIpc) is 2.94. The van der Waals surface area contributed by atoms with E-state index < -0.39 is 6.17 Å². The predicted molar refractivity (Wildman–Crippen MR) is 149 cm³/mol. The highest BCUT2D eigenvalue weighted by Crippen LogP contribution is 2.44. The van der Waals surface area contributed by atoms with Crippen LogP contribution in [0.25, 0.3) is 11.3 Å². The minimum Gasteiger partial charge on any atom is -0.496 e. The molecule has 0 fully saturated rings. The molecule has 0 bridgehead atoms. The summed E-state index contributed by atoms with van der Waals surface area (Å²) < 4.78 is 18.5. The molecule has 2 heterocycles. The van der Waals surface area contributed by atoms with Crippen molar-refractivity contribution in [3.63, 3.8) is 0 Å². The van der Waals surface area contributed by atoms with Crippen LogP contribution in [0.15, 0.2) is 70.6 Å². The number of amides is 1. The molecule has 39 heavy (non-hydrogen) atoms. The van der Waals surface area contributed by atoms with Crippen molar-refractivity contribution >= 4 is 35.0 Å². The number of fused-ring (bicyclic) bond motifs is 3. The van der Waals surface area contributed by atoms with Crippen molar-refractivity contribution < 1.29 is 23.7 Å². The number of nitrogens with zero attached hydrogens (tertiary/aromatic N) is 3. The molecule has 1 amide bonds. The largest absolute Gasteiger partial charge is 0.496 e. The molecule has 0 aliphatic carbocycles. The van der Waals surface area contributed by atoms with Crippen LogP contribution in [0.2, 0.25) is 5.02 Å². The van der Waals surface area contributed by atoms with Crippen LogP contribution in [0.4, 0.5) is 5.69 Å². The summed E-state index contributed by atoms with van der Waals surface area (Å²) in [6, 6.07) is 18.1. The van der Waals surface area contributed by atoms with Gasteiger partial charge >= 0.3 is 17.4 Å². The number of rotatable bonds is 7. The van der Waals surface area contributed by atoms with Crippen LogP contribution in [0.5, 0.6) is 17.2 Å². The molecule has 0 radical (unpaired) electrons. The standard InChI is InChI=1S/C28H25ClN4O5S/c1-16(34)32-21-12-8-6-10-19(21)25-26(35)30-28(39-15-17-9-5-7-11-20(17)29)31-33(25)27(32)24-22(37-3)13-18(36-2)14-23(24)38-4/h5-14,27H,15H2,1-4H3/p+1/t27-/m0/s1. The highest BCUT2D eigenvalue weighted by molar-refractivity contribution is 7.98. The van der Waals surface area contributed by atoms with Gasteiger partial charge in [-0.05, 0) is 28.4 Å². The number of benzene rings is 3. The molecule has 0 saturated carbocycles. The lowest BCUT2D eigenvalue weighted by Gasteiger charge is -2.32. The normalized spacial score (nSPS) is 13.9. The zero-order chi connectivity index (χ0) is 27.7. The molecule has 0 saturated heterocycles. The number of aromatic nitrogens is 3. The van der Waals surface area contributed by atoms with E-state index in [0.29, 0.717) is 55.7 Å². The van der Waals surface area contributed by atoms with E-state index in [0.717, 1.165) is 5.56 Å². The Labute approximate surface area is 234 Å². The van der Waals surface area contributed by atoms with Gasteiger partial charge in [-0.15, -0.1) is 0 Å². The van der Waals surface area contributed by atoms with Gasteiger partial charge in [0.15, 0.2) is 0 Å². The summed E-state index contributed by atoms with van der Waals surface area (Å²) in [5.74, 6) is 1.56. The molecular weight excluding hydrogens is 540 g/mol. The molecule has 1 atom stereocenters. The van der Waals surface area contributed by atoms with Crippen LogP contribution in [0.3, 0.4) is 0 Å². The summed E-state index contributed by atoms with van der Waals surface area (Å²) >= 11 is 7.68. The van der Waals surface area contributed by atoms with Gasteiger partial charge in [-0.3, -0.25) is 14.6 Å². The summed E-state index contributed by atoms with van der Waals surface area (Å²) in [4.78, 5) is 31.4. The third-order valence-electron chi connectivity index (χ3n) is 6.43. The van der Waals surface area contributed by atoms with Gasteiger partial charge in [0.05, 0.1) is 32.6 Å². The van der Waals surface area contributed by atoms with Crippen molar-refractivity contribution in [3.8, 4) is 28.5 Å². The summed E-state index contributed by atoms with van der Waals surface area (Å²) in [5, 5.41) is 5.84. The number of thioether (sulfide) groups is 1. The summed E-state index contributed by atoms with van der Waals surface area (Å²) in [5.41, 5.74) is 2.51. The Hall–Kier alpha value is -4.02. The predicted octanol–water partition coefficient (Wildman–Crippen LogP) is 4.61. The van der Waals surface area contributed by atoms with Crippen LogP contribution in [-0.2, 0) is 10.5 Å². The summed E-state index contributed by atoms with van der Waals surface area (Å²) in [7, 11) is 4.59. The zero-order valence-corrected chi connectivity index (χ0v) is 23.3. The van der Waals surface area contributed by atoms with E-state index in [1.54, 1.807) is 41.0 Å². The number of aromatic amines is 1. The lowest BCUT2D eigenvalue weighted by atomic mass is 10.00. The summed E-state index contributed by atoms with van der Waals surface area (Å²) in [6.45, 7) is 1.47. The van der Waals surface area contributed by atoms with Crippen LogP contribution >= 0.6 is 23.4 Å². The van der Waals surface area contributed by atoms with Crippen molar-refractivity contribution in [2.45, 2.75) is 24.0 Å². The molecule has 1 aliphatic rings. The fourth-order valence-electron chi connectivity index (χ4n) is 4.69. The number of methoxy groups -OCH3 is 3. The Morgan fingerprint density at radius 3 is 2.36 bits per heavy atom. The number of hydrogen-bond acceptors (Lipinski definition) is 7. The van der Waals surface area contributed by atoms with Crippen LogP contribution in [0.1, 0.15) is 24.2 Å². The lowest BCUT2D eigenvalue weighted by molar-refractivity contribution is -0.763. The molecule has 11 heteroatoms. The highest BCUT2D eigenvalue weighted by Gasteiger charge is 2.47. The number of hydrogen-bond donors (Lipinski definition) is 1. The van der Waals surface area contributed by atoms with Gasteiger partial charge < -0.3 is 14.2 Å². The quantitative estimate of drug-likeness (QED) is 0.258. The van der Waals surface area contributed by atoms with Crippen LogP contribution < -0.4 is 29.4 Å². The second-order valence-electron chi connectivity index (χ2n) is 8.66. The number of carbonyl (C=O) groups is 1. The van der Waals surface area contributed by atoms with Crippen molar-refractivity contribution in [1.82, 2.24) is 10.1 Å². The van der Waals surface area contributed by atoms with Crippen molar-refractivity contribution in [3.05, 3.63) is 87.2 Å². The van der Waals surface area contributed by atoms with Crippen molar-refractivity contribution in [2.24, 2.45) is 0 Å². The number of para-hydroxylation sites is 1. The van der Waals surface area contributed by atoms with Gasteiger partial charge in [0.25, 0.3) is 0 Å². The fourth-order valence-corrected chi connectivity index (χ4v) is 5.82. The van der Waals surface area contributed by atoms with Gasteiger partial charge in [-0.2, -0.15) is 0 Å². The number of halogens is 1. The maximum atomic E-state index is 13.6. The maximum absolute atomic E-state index is 13.6. The molecule has 0 unspecified atom stereocenters. The first-order chi connectivity index (χ1) is 18.9. The molecule has 4 aromatic rings. The molecule has 3 aromatic carbocycles. The molecular formula is C28H26ClN4O5S+. The minimum absolute atomic E-state index is 0.252. The van der Waals surface area contributed by atoms with E-state index in [1.807, 2.05) is 36.4 Å². The number of H-pyrrole nitrogens is 1. The van der Waals surface area contributed by atoms with Gasteiger partial charge in [0.2, 0.25) is 11.1 Å². The van der Waals surface area contributed by atoms with E-state index in [9.17, 15) is 9.59 Å². The average molecular weight is 566 g/mol. The smallest absolute Gasteiger partial charge is 0.325 e. The van der Waals surface area contributed by atoms with Crippen molar-refractivity contribution in [2.75, 3.05) is 26.2 Å². The number of anilines is 1. The molecule has 5 rings (SSSR count). The second kappa shape index (κ2) is 11.0. The first kappa shape index (κ1) is 26.6. The van der Waals surface area contributed by atoms with E-state index in [4.69, 9.17) is 30.9 Å². The van der Waals surface area contributed by atoms with Crippen LogP contribution in [-0.4, -0.2) is 37.3 Å². The van der Waals surface area contributed by atoms with Crippen LogP contribution in [0, 0.1) is 0 Å². The summed E-state index contributed by atoms with van der Waals surface area (Å²) in [6.07, 6.45) is -0.898. The second-order valence-corrected chi connectivity index (χ2v) is 10.0. The Kier molecular flexibility index (Phi) is 7.49. The molecule has 200 valence electrons. The topological polar surface area (TPSA) is 97.6 Å². The van der Waals surface area contributed by atoms with Gasteiger partial charge in [0.1, 0.15) is 22.8 Å². The van der Waals surface area contributed by atoms with Gasteiger partial charge in [-0.25, -0.2) is 4.90 Å². The molecule has 1 aliphatic heterocycles. The minimum atomic E-state index is -0.898. The number of carbonyl (C=O) groups excluding carboxylic acids is 1. The van der Waals surface area contributed by atoms with Gasteiger partial charge in [0, 0.05) is 34.9 Å². The zero-order valence-electron chi connectivity index (χ0n) is 21.7. The van der Waals surface area contributed by atoms with E-state index in [1.165, 1.54) is 32.9 Å². The SMILES string of the molecule is COc1cc(OC)c([C@H]2N(C(C)=O)c3ccccc3-c3c(=O)[nH]c(SCc4ccccc4Cl)n[n+]32)c(OC)c1. The maximum Gasteiger partial charge on any atom is 0.325 e. The first-order valence-corrected chi connectivity index (χ1v) is 13.4. The van der Waals surface area contributed by atoms with Crippen molar-refractivity contribution in [1.29, 1.82) is 0 Å². The van der Waals surface area contributed by atoms with Gasteiger partial charge in [-0.1, -0.05) is 53.7 Å². The number of ether oxygens (including phenoxy) is 3. The Morgan fingerprint density at radius 1 is 1.05 bits per heavy atom. The monoisotopic (exact) mass is 565 g/mol. The van der Waals surface area contributed by atoms with E-state index in [-0.39, 0.29) is 11.5 Å². The molecule has 1 aromatic heterocycles. The van der Waals surface area contributed by atoms with E-state index >= 15 is 0 Å². The Bertz CT molecular complexity index is 1600. The first-order valence-electron chi connectivity index (χ1n) is 12.0. The fraction of sp³-hybridized carbons (Fsp3) is 0.214. The molecule has 1 N–H and O–H groups in total. The molecule has 0 spiro atoms. The highest BCUT2D eigenvalue weighted by atomic mass is 35.5. The number of nitrogens with one attached hydrogen (secondary N) is 1. The third-order valence-corrected chi connectivity index (χ3v) is 7.71. The Balaban J connectivity index is 1.76. The molecule has 9 nitrogen and oxygen atoms in total. The lowest BCUT2D eigenvalue weighted by Crippen LogP contribution is -2.60. The van der Waals surface area contributed by atoms with E-state index in [2.05, 4.69) is 4.98 Å².